The van der Waals surface area contributed by atoms with Crippen molar-refractivity contribution >= 4 is 23.4 Å². The topological polar surface area (TPSA) is 101 Å². The number of carbonyl (C=O) groups is 3. The summed E-state index contributed by atoms with van der Waals surface area (Å²) in [5.41, 5.74) is -0.0849. The molecule has 0 aromatic heterocycles. The molecule has 0 heterocycles. The number of Topliss-reactive ketones (excluding diaryl/α,β-unsaturated/α-hetero) is 2. The third-order valence-electron chi connectivity index (χ3n) is 2.99. The number of aliphatic hydroxyl groups is 2. The lowest BCUT2D eigenvalue weighted by Gasteiger charge is -2.14. The maximum absolute atomic E-state index is 12.0. The van der Waals surface area contributed by atoms with Gasteiger partial charge in [0.2, 0.25) is 17.3 Å². The van der Waals surface area contributed by atoms with E-state index in [2.05, 4.69) is 4.74 Å². The predicted molar refractivity (Wildman–Crippen MR) is 76.8 cm³/mol. The van der Waals surface area contributed by atoms with Crippen molar-refractivity contribution in [1.29, 1.82) is 0 Å². The van der Waals surface area contributed by atoms with Crippen molar-refractivity contribution in [3.63, 3.8) is 0 Å². The van der Waals surface area contributed by atoms with Crippen molar-refractivity contribution in [3.8, 4) is 0 Å². The molecule has 6 nitrogen and oxygen atoms in total. The minimum Gasteiger partial charge on any atom is -0.503 e. The van der Waals surface area contributed by atoms with Crippen LogP contribution in [0.25, 0.3) is 6.08 Å². The van der Waals surface area contributed by atoms with Crippen LogP contribution in [0.15, 0.2) is 59.3 Å². The number of rotatable bonds is 4. The number of methoxy groups -OCH3 is 1. The summed E-state index contributed by atoms with van der Waals surface area (Å²) in [6.07, 6.45) is 2.46. The standard InChI is InChI=1S/C16H12O6/c1-22-16-14(20)12(18)11(13(19)15(16)21)10(17)8-7-9-5-3-2-4-6-9/h2-8,18,21H,1H3/b8-7+. The zero-order valence-electron chi connectivity index (χ0n) is 11.6. The molecule has 6 heteroatoms. The minimum absolute atomic E-state index is 0.689. The van der Waals surface area contributed by atoms with E-state index in [0.717, 1.165) is 13.2 Å². The summed E-state index contributed by atoms with van der Waals surface area (Å²) < 4.78 is 4.55. The van der Waals surface area contributed by atoms with Gasteiger partial charge in [0.15, 0.2) is 11.5 Å². The van der Waals surface area contributed by atoms with Gasteiger partial charge < -0.3 is 14.9 Å². The van der Waals surface area contributed by atoms with Gasteiger partial charge in [-0.15, -0.1) is 0 Å². The number of aliphatic hydroxyl groups excluding tert-OH is 2. The summed E-state index contributed by atoms with van der Waals surface area (Å²) in [4.78, 5) is 35.6. The van der Waals surface area contributed by atoms with Crippen LogP contribution in [0.2, 0.25) is 0 Å². The average Bonchev–Trinajstić information content (AvgIpc) is 2.53. The van der Waals surface area contributed by atoms with Crippen molar-refractivity contribution < 1.29 is 29.3 Å². The first-order valence-corrected chi connectivity index (χ1v) is 6.24. The maximum atomic E-state index is 12.0. The first kappa shape index (κ1) is 15.2. The van der Waals surface area contributed by atoms with E-state index >= 15 is 0 Å². The summed E-state index contributed by atoms with van der Waals surface area (Å²) in [6.45, 7) is 0. The van der Waals surface area contributed by atoms with Crippen LogP contribution in [0.1, 0.15) is 5.56 Å². The fourth-order valence-corrected chi connectivity index (χ4v) is 1.90. The third-order valence-corrected chi connectivity index (χ3v) is 2.99. The molecule has 0 radical (unpaired) electrons. The summed E-state index contributed by atoms with van der Waals surface area (Å²) in [5.74, 6) is -5.88. The average molecular weight is 300 g/mol. The maximum Gasteiger partial charge on any atom is 0.266 e. The van der Waals surface area contributed by atoms with Crippen LogP contribution in [0, 0.1) is 0 Å². The Hall–Kier alpha value is -3.15. The fourth-order valence-electron chi connectivity index (χ4n) is 1.90. The molecule has 0 aliphatic heterocycles. The largest absolute Gasteiger partial charge is 0.503 e. The molecule has 1 aromatic rings. The molecule has 112 valence electrons. The fraction of sp³-hybridized carbons (Fsp3) is 0.0625. The number of allylic oxidation sites excluding steroid dienone is 2. The predicted octanol–water partition coefficient (Wildman–Crippen LogP) is 1.65. The van der Waals surface area contributed by atoms with Crippen molar-refractivity contribution in [1.82, 2.24) is 0 Å². The number of carbonyl (C=O) groups excluding carboxylic acids is 3. The molecule has 0 bridgehead atoms. The second-order valence-electron chi connectivity index (χ2n) is 4.37. The Balaban J connectivity index is 2.34. The minimum atomic E-state index is -1.16. The van der Waals surface area contributed by atoms with Gasteiger partial charge in [0.25, 0.3) is 5.78 Å². The normalized spacial score (nSPS) is 15.7. The smallest absolute Gasteiger partial charge is 0.266 e. The Morgan fingerprint density at radius 1 is 1.05 bits per heavy atom. The van der Waals surface area contributed by atoms with E-state index in [9.17, 15) is 24.6 Å². The third kappa shape index (κ3) is 2.67. The molecule has 22 heavy (non-hydrogen) atoms. The SMILES string of the molecule is COC1=C(O)C(=O)C(C(=O)/C=C/c2ccccc2)=C(O)C1=O. The molecule has 2 N–H and O–H groups in total. The van der Waals surface area contributed by atoms with E-state index in [1.54, 1.807) is 30.3 Å². The molecule has 0 fully saturated rings. The van der Waals surface area contributed by atoms with Crippen molar-refractivity contribution in [2.75, 3.05) is 7.11 Å². The monoisotopic (exact) mass is 300 g/mol. The second-order valence-corrected chi connectivity index (χ2v) is 4.37. The lowest BCUT2D eigenvalue weighted by atomic mass is 9.94. The molecule has 2 rings (SSSR count). The Morgan fingerprint density at radius 3 is 2.27 bits per heavy atom. The van der Waals surface area contributed by atoms with Gasteiger partial charge in [-0.1, -0.05) is 36.4 Å². The van der Waals surface area contributed by atoms with Gasteiger partial charge in [0, 0.05) is 0 Å². The van der Waals surface area contributed by atoms with Gasteiger partial charge in [0.1, 0.15) is 5.57 Å². The van der Waals surface area contributed by atoms with Gasteiger partial charge in [-0.25, -0.2) is 0 Å². The van der Waals surface area contributed by atoms with E-state index in [4.69, 9.17) is 0 Å². The molecule has 1 aromatic carbocycles. The highest BCUT2D eigenvalue weighted by Gasteiger charge is 2.38. The molecule has 0 saturated carbocycles. The molecular weight excluding hydrogens is 288 g/mol. The van der Waals surface area contributed by atoms with Crippen LogP contribution in [0.3, 0.4) is 0 Å². The molecule has 0 amide bonds. The Labute approximate surface area is 125 Å². The van der Waals surface area contributed by atoms with E-state index in [0.29, 0.717) is 5.56 Å². The highest BCUT2D eigenvalue weighted by atomic mass is 16.5. The number of hydrogen-bond acceptors (Lipinski definition) is 6. The van der Waals surface area contributed by atoms with E-state index in [1.165, 1.54) is 6.08 Å². The number of ether oxygens (including phenoxy) is 1. The van der Waals surface area contributed by atoms with Gasteiger partial charge >= 0.3 is 0 Å². The van der Waals surface area contributed by atoms with Crippen molar-refractivity contribution in [2.45, 2.75) is 0 Å². The Bertz CT molecular complexity index is 737. The quantitative estimate of drug-likeness (QED) is 0.498. The van der Waals surface area contributed by atoms with Gasteiger partial charge in [-0.2, -0.15) is 0 Å². The summed E-state index contributed by atoms with van der Waals surface area (Å²) in [5, 5.41) is 19.3. The molecule has 0 saturated heterocycles. The van der Waals surface area contributed by atoms with Crippen LogP contribution in [0.5, 0.6) is 0 Å². The zero-order valence-corrected chi connectivity index (χ0v) is 11.6. The first-order valence-electron chi connectivity index (χ1n) is 6.24. The molecule has 0 unspecified atom stereocenters. The molecular formula is C16H12O6. The van der Waals surface area contributed by atoms with Crippen LogP contribution in [-0.4, -0.2) is 34.7 Å². The molecule has 1 aliphatic carbocycles. The molecule has 0 atom stereocenters. The molecule has 1 aliphatic rings. The highest BCUT2D eigenvalue weighted by molar-refractivity contribution is 6.36. The summed E-state index contributed by atoms with van der Waals surface area (Å²) in [7, 11) is 1.06. The van der Waals surface area contributed by atoms with Gasteiger partial charge in [0.05, 0.1) is 7.11 Å². The zero-order chi connectivity index (χ0) is 16.3. The lowest BCUT2D eigenvalue weighted by molar-refractivity contribution is -0.125. The van der Waals surface area contributed by atoms with Crippen LogP contribution in [0.4, 0.5) is 0 Å². The van der Waals surface area contributed by atoms with E-state index < -0.39 is 40.2 Å². The Morgan fingerprint density at radius 2 is 1.68 bits per heavy atom. The number of benzene rings is 1. The number of ketones is 3. The molecule has 0 spiro atoms. The van der Waals surface area contributed by atoms with Crippen LogP contribution >= 0.6 is 0 Å². The highest BCUT2D eigenvalue weighted by Crippen LogP contribution is 2.23. The van der Waals surface area contributed by atoms with Crippen molar-refractivity contribution in [3.05, 3.63) is 64.8 Å². The van der Waals surface area contributed by atoms with Crippen molar-refractivity contribution in [2.24, 2.45) is 0 Å². The lowest BCUT2D eigenvalue weighted by Crippen LogP contribution is -2.28. The van der Waals surface area contributed by atoms with E-state index in [1.807, 2.05) is 0 Å². The van der Waals surface area contributed by atoms with Crippen LogP contribution < -0.4 is 0 Å². The van der Waals surface area contributed by atoms with E-state index in [-0.39, 0.29) is 0 Å². The summed E-state index contributed by atoms with van der Waals surface area (Å²) in [6, 6.07) is 8.77. The van der Waals surface area contributed by atoms with Crippen LogP contribution in [-0.2, 0) is 19.1 Å². The second kappa shape index (κ2) is 6.09. The first-order chi connectivity index (χ1) is 10.5. The number of hydrogen-bond donors (Lipinski definition) is 2. The Kier molecular flexibility index (Phi) is 4.22. The summed E-state index contributed by atoms with van der Waals surface area (Å²) >= 11 is 0. The van der Waals surface area contributed by atoms with Gasteiger partial charge in [-0.05, 0) is 11.6 Å². The van der Waals surface area contributed by atoms with Gasteiger partial charge in [-0.3, -0.25) is 14.4 Å².